The third-order valence-electron chi connectivity index (χ3n) is 8.25. The van der Waals surface area contributed by atoms with E-state index in [1.54, 1.807) is 5.48 Å². The van der Waals surface area contributed by atoms with Gasteiger partial charge in [-0.05, 0) is 34.2 Å². The van der Waals surface area contributed by atoms with Crippen molar-refractivity contribution in [1.29, 1.82) is 0 Å². The molecule has 4 aromatic carbocycles. The summed E-state index contributed by atoms with van der Waals surface area (Å²) in [6.45, 7) is 2.62. The fourth-order valence-electron chi connectivity index (χ4n) is 5.74. The van der Waals surface area contributed by atoms with Crippen molar-refractivity contribution in [1.82, 2.24) is 15.7 Å². The molecule has 0 aliphatic carbocycles. The van der Waals surface area contributed by atoms with Crippen molar-refractivity contribution < 1.29 is 29.4 Å². The molecule has 0 bridgehead atoms. The van der Waals surface area contributed by atoms with Crippen LogP contribution in [0.4, 0.5) is 0 Å². The van der Waals surface area contributed by atoms with Crippen LogP contribution >= 0.6 is 0 Å². The van der Waals surface area contributed by atoms with Gasteiger partial charge in [0.2, 0.25) is 11.8 Å². The molecule has 3 atom stereocenters. The van der Waals surface area contributed by atoms with Crippen molar-refractivity contribution in [2.75, 3.05) is 6.54 Å². The number of carbonyl (C=O) groups is 2. The molecule has 47 heavy (non-hydrogen) atoms. The molecule has 3 unspecified atom stereocenters. The number of benzene rings is 4. The Labute approximate surface area is 276 Å². The lowest BCUT2D eigenvalue weighted by Crippen LogP contribution is -2.39. The van der Waals surface area contributed by atoms with E-state index in [9.17, 15) is 14.7 Å². The quantitative estimate of drug-likeness (QED) is 0.0973. The standard InChI is InChI=1S/C38H43N3O6/c42-27-31-16-18-32(19-17-31)35-22-34(26-41(24-29-8-3-1-4-9-29)25-30-10-5-2-6-11-30)46-38(47-35)33-20-14-28(15-21-33)23-39-36(43)12-7-13-37(44)40-45/h1-6,8-11,14-21,34-35,38,42,45H,7,12-13,22-27H2,(H,39,43)(H,40,44). The van der Waals surface area contributed by atoms with Crippen LogP contribution in [0.3, 0.4) is 0 Å². The fraction of sp³-hybridized carbons (Fsp3) is 0.316. The van der Waals surface area contributed by atoms with Crippen LogP contribution in [-0.2, 0) is 45.3 Å². The van der Waals surface area contributed by atoms with Crippen LogP contribution < -0.4 is 10.8 Å². The Morgan fingerprint density at radius 3 is 1.87 bits per heavy atom. The fourth-order valence-corrected chi connectivity index (χ4v) is 5.74. The number of amides is 2. The number of hydroxylamine groups is 1. The summed E-state index contributed by atoms with van der Waals surface area (Å²) in [4.78, 5) is 25.8. The van der Waals surface area contributed by atoms with Gasteiger partial charge in [0.05, 0.1) is 18.8 Å². The van der Waals surface area contributed by atoms with Gasteiger partial charge < -0.3 is 19.9 Å². The average molecular weight is 638 g/mol. The number of nitrogens with zero attached hydrogens (tertiary/aromatic N) is 1. The molecule has 0 radical (unpaired) electrons. The molecule has 1 heterocycles. The first-order chi connectivity index (χ1) is 23.0. The molecule has 0 spiro atoms. The van der Waals surface area contributed by atoms with E-state index in [4.69, 9.17) is 14.7 Å². The van der Waals surface area contributed by atoms with Crippen molar-refractivity contribution in [2.45, 2.75) is 70.4 Å². The van der Waals surface area contributed by atoms with Gasteiger partial charge in [0, 0.05) is 51.0 Å². The van der Waals surface area contributed by atoms with Gasteiger partial charge in [0.1, 0.15) is 0 Å². The molecular weight excluding hydrogens is 594 g/mol. The van der Waals surface area contributed by atoms with Gasteiger partial charge in [-0.1, -0.05) is 109 Å². The molecule has 1 saturated heterocycles. The van der Waals surface area contributed by atoms with Crippen LogP contribution in [0.2, 0.25) is 0 Å². The monoisotopic (exact) mass is 637 g/mol. The van der Waals surface area contributed by atoms with Gasteiger partial charge in [0.15, 0.2) is 6.29 Å². The first kappa shape index (κ1) is 34.0. The number of aliphatic hydroxyl groups excluding tert-OH is 1. The SMILES string of the molecule is O=C(CCCC(=O)NCc1ccc(C2OC(CN(Cc3ccccc3)Cc3ccccc3)CC(c3ccc(CO)cc3)O2)cc1)NO. The summed E-state index contributed by atoms with van der Waals surface area (Å²) in [6.07, 6.45) is 0.413. The molecule has 1 fully saturated rings. The lowest BCUT2D eigenvalue weighted by molar-refractivity contribution is -0.253. The second kappa shape index (κ2) is 17.5. The van der Waals surface area contributed by atoms with E-state index in [0.29, 0.717) is 25.9 Å². The van der Waals surface area contributed by atoms with Gasteiger partial charge in [-0.2, -0.15) is 0 Å². The smallest absolute Gasteiger partial charge is 0.243 e. The van der Waals surface area contributed by atoms with E-state index in [1.807, 2.05) is 60.7 Å². The van der Waals surface area contributed by atoms with Gasteiger partial charge in [0.25, 0.3) is 0 Å². The Hall–Kier alpha value is -4.38. The average Bonchev–Trinajstić information content (AvgIpc) is 3.11. The minimum atomic E-state index is -0.590. The number of hydrogen-bond acceptors (Lipinski definition) is 7. The van der Waals surface area contributed by atoms with E-state index < -0.39 is 12.2 Å². The van der Waals surface area contributed by atoms with Crippen molar-refractivity contribution in [2.24, 2.45) is 0 Å². The van der Waals surface area contributed by atoms with Crippen molar-refractivity contribution in [3.63, 3.8) is 0 Å². The zero-order valence-electron chi connectivity index (χ0n) is 26.5. The van der Waals surface area contributed by atoms with Crippen molar-refractivity contribution in [3.05, 3.63) is 143 Å². The Balaban J connectivity index is 1.29. The molecular formula is C38H43N3O6. The van der Waals surface area contributed by atoms with Crippen LogP contribution in [0, 0.1) is 0 Å². The predicted octanol–water partition coefficient (Wildman–Crippen LogP) is 5.72. The minimum absolute atomic E-state index is 0.0121. The van der Waals surface area contributed by atoms with Gasteiger partial charge in [-0.15, -0.1) is 0 Å². The minimum Gasteiger partial charge on any atom is -0.392 e. The van der Waals surface area contributed by atoms with Crippen LogP contribution in [0.25, 0.3) is 0 Å². The van der Waals surface area contributed by atoms with Gasteiger partial charge in [-0.3, -0.25) is 19.7 Å². The summed E-state index contributed by atoms with van der Waals surface area (Å²) in [5.74, 6) is -0.667. The number of aliphatic hydroxyl groups is 1. The second-order valence-corrected chi connectivity index (χ2v) is 11.9. The van der Waals surface area contributed by atoms with Crippen LogP contribution in [-0.4, -0.2) is 39.7 Å². The number of nitrogens with one attached hydrogen (secondary N) is 2. The summed E-state index contributed by atoms with van der Waals surface area (Å²) >= 11 is 0. The number of carbonyl (C=O) groups excluding carboxylic acids is 2. The van der Waals surface area contributed by atoms with Crippen molar-refractivity contribution >= 4 is 11.8 Å². The van der Waals surface area contributed by atoms with E-state index >= 15 is 0 Å². The molecule has 1 aliphatic heterocycles. The molecule has 2 amide bonds. The summed E-state index contributed by atoms with van der Waals surface area (Å²) in [6, 6.07) is 36.7. The Morgan fingerprint density at radius 2 is 1.28 bits per heavy atom. The highest BCUT2D eigenvalue weighted by Crippen LogP contribution is 2.38. The highest BCUT2D eigenvalue weighted by atomic mass is 16.7. The normalized spacial score (nSPS) is 17.7. The topological polar surface area (TPSA) is 120 Å². The lowest BCUT2D eigenvalue weighted by atomic mass is 9.99. The maximum atomic E-state index is 12.2. The summed E-state index contributed by atoms with van der Waals surface area (Å²) in [7, 11) is 0. The molecule has 1 aliphatic rings. The summed E-state index contributed by atoms with van der Waals surface area (Å²) in [5.41, 5.74) is 7.75. The third kappa shape index (κ3) is 10.6. The Morgan fingerprint density at radius 1 is 0.702 bits per heavy atom. The predicted molar refractivity (Wildman–Crippen MR) is 177 cm³/mol. The second-order valence-electron chi connectivity index (χ2n) is 11.9. The Bertz CT molecular complexity index is 1490. The number of rotatable bonds is 15. The van der Waals surface area contributed by atoms with Crippen LogP contribution in [0.1, 0.15) is 71.5 Å². The number of ether oxygens (including phenoxy) is 2. The van der Waals surface area contributed by atoms with Gasteiger partial charge >= 0.3 is 0 Å². The summed E-state index contributed by atoms with van der Waals surface area (Å²) < 4.78 is 13.2. The zero-order chi connectivity index (χ0) is 32.8. The highest BCUT2D eigenvalue weighted by molar-refractivity contribution is 5.78. The maximum Gasteiger partial charge on any atom is 0.243 e. The summed E-state index contributed by atoms with van der Waals surface area (Å²) in [5, 5.41) is 21.0. The maximum absolute atomic E-state index is 12.2. The van der Waals surface area contributed by atoms with Crippen molar-refractivity contribution in [3.8, 4) is 0 Å². The first-order valence-electron chi connectivity index (χ1n) is 16.1. The molecule has 246 valence electrons. The first-order valence-corrected chi connectivity index (χ1v) is 16.1. The van der Waals surface area contributed by atoms with Crippen LogP contribution in [0.15, 0.2) is 109 Å². The van der Waals surface area contributed by atoms with Crippen LogP contribution in [0.5, 0.6) is 0 Å². The largest absolute Gasteiger partial charge is 0.392 e. The van der Waals surface area contributed by atoms with Gasteiger partial charge in [-0.25, -0.2) is 5.48 Å². The molecule has 9 heteroatoms. The van der Waals surface area contributed by atoms with E-state index in [-0.39, 0.29) is 37.6 Å². The number of hydrogen-bond donors (Lipinski definition) is 4. The third-order valence-corrected chi connectivity index (χ3v) is 8.25. The molecule has 4 aromatic rings. The zero-order valence-corrected chi connectivity index (χ0v) is 26.5. The van der Waals surface area contributed by atoms with E-state index in [0.717, 1.165) is 35.3 Å². The molecule has 9 nitrogen and oxygen atoms in total. The van der Waals surface area contributed by atoms with E-state index in [2.05, 4.69) is 58.7 Å². The lowest BCUT2D eigenvalue weighted by Gasteiger charge is -2.38. The molecule has 5 rings (SSSR count). The van der Waals surface area contributed by atoms with E-state index in [1.165, 1.54) is 11.1 Å². The molecule has 0 aromatic heterocycles. The highest BCUT2D eigenvalue weighted by Gasteiger charge is 2.33. The molecule has 0 saturated carbocycles. The molecule has 4 N–H and O–H groups in total. The Kier molecular flexibility index (Phi) is 12.7.